The number of ether oxygens (including phenoxy) is 2. The minimum atomic E-state index is -0.607. The molecule has 8 nitrogen and oxygen atoms in total. The van der Waals surface area contributed by atoms with E-state index in [0.717, 1.165) is 17.0 Å². The van der Waals surface area contributed by atoms with E-state index in [1.54, 1.807) is 46.0 Å². The fourth-order valence-corrected chi connectivity index (χ4v) is 4.01. The van der Waals surface area contributed by atoms with E-state index >= 15 is 0 Å². The van der Waals surface area contributed by atoms with Gasteiger partial charge >= 0.3 is 11.9 Å². The number of carbonyl (C=O) groups is 3. The highest BCUT2D eigenvalue weighted by Gasteiger charge is 2.28. The number of hydrogen-bond acceptors (Lipinski definition) is 7. The van der Waals surface area contributed by atoms with Crippen molar-refractivity contribution in [2.45, 2.75) is 40.7 Å². The van der Waals surface area contributed by atoms with E-state index in [1.165, 1.54) is 0 Å². The first-order valence-corrected chi connectivity index (χ1v) is 10.3. The summed E-state index contributed by atoms with van der Waals surface area (Å²) in [4.78, 5) is 42.4. The highest BCUT2D eigenvalue weighted by atomic mass is 32.1. The van der Waals surface area contributed by atoms with Gasteiger partial charge in [0, 0.05) is 18.0 Å². The third-order valence-electron chi connectivity index (χ3n) is 4.22. The summed E-state index contributed by atoms with van der Waals surface area (Å²) in [5, 5.41) is 2.98. The average Bonchev–Trinajstić information content (AvgIpc) is 3.19. The Morgan fingerprint density at radius 1 is 1.23 bits per heavy atom. The van der Waals surface area contributed by atoms with Gasteiger partial charge in [-0.3, -0.25) is 4.79 Å². The van der Waals surface area contributed by atoms with Gasteiger partial charge in [-0.1, -0.05) is 0 Å². The van der Waals surface area contributed by atoms with Crippen molar-refractivity contribution >= 4 is 39.8 Å². The summed E-state index contributed by atoms with van der Waals surface area (Å²) in [5.74, 6) is -1.58. The molecule has 9 heteroatoms. The molecule has 0 bridgehead atoms. The van der Waals surface area contributed by atoms with Crippen LogP contribution in [-0.4, -0.2) is 39.9 Å². The van der Waals surface area contributed by atoms with Gasteiger partial charge < -0.3 is 19.2 Å². The van der Waals surface area contributed by atoms with Crippen LogP contribution in [0, 0.1) is 13.8 Å². The van der Waals surface area contributed by atoms with E-state index in [0.29, 0.717) is 16.8 Å². The van der Waals surface area contributed by atoms with Gasteiger partial charge in [-0.25, -0.2) is 14.6 Å². The van der Waals surface area contributed by atoms with Crippen LogP contribution in [-0.2, 0) is 9.47 Å². The van der Waals surface area contributed by atoms with Crippen LogP contribution in [0.25, 0.3) is 5.65 Å². The van der Waals surface area contributed by atoms with Crippen LogP contribution in [0.2, 0.25) is 0 Å². The highest BCUT2D eigenvalue weighted by molar-refractivity contribution is 7.18. The maximum absolute atomic E-state index is 12.9. The summed E-state index contributed by atoms with van der Waals surface area (Å²) in [5.41, 5.74) is 2.41. The molecule has 0 fully saturated rings. The molecule has 0 aliphatic carbocycles. The third kappa shape index (κ3) is 4.35. The summed E-state index contributed by atoms with van der Waals surface area (Å²) in [6.45, 7) is 8.84. The van der Waals surface area contributed by atoms with E-state index < -0.39 is 17.8 Å². The van der Waals surface area contributed by atoms with Crippen LogP contribution in [0.15, 0.2) is 24.5 Å². The lowest BCUT2D eigenvalue weighted by molar-refractivity contribution is 0.0383. The van der Waals surface area contributed by atoms with Crippen molar-refractivity contribution in [2.75, 3.05) is 11.9 Å². The number of rotatable bonds is 6. The lowest BCUT2D eigenvalue weighted by Crippen LogP contribution is -2.15. The molecule has 0 saturated carbocycles. The zero-order valence-corrected chi connectivity index (χ0v) is 18.3. The van der Waals surface area contributed by atoms with Crippen molar-refractivity contribution in [1.29, 1.82) is 0 Å². The Labute approximate surface area is 177 Å². The molecule has 0 radical (unpaired) electrons. The van der Waals surface area contributed by atoms with Gasteiger partial charge in [0.15, 0.2) is 0 Å². The molecule has 30 heavy (non-hydrogen) atoms. The maximum Gasteiger partial charge on any atom is 0.348 e. The second-order valence-electron chi connectivity index (χ2n) is 6.95. The molecule has 0 aromatic carbocycles. The van der Waals surface area contributed by atoms with Crippen LogP contribution >= 0.6 is 11.3 Å². The molecule has 0 aliphatic rings. The Hall–Kier alpha value is -3.20. The summed E-state index contributed by atoms with van der Waals surface area (Å²) in [6.07, 6.45) is 3.28. The number of hydrogen-bond donors (Lipinski definition) is 1. The van der Waals surface area contributed by atoms with Gasteiger partial charge in [0.1, 0.15) is 15.5 Å². The largest absolute Gasteiger partial charge is 0.462 e. The molecular formula is C21H23N3O5S. The number of esters is 2. The van der Waals surface area contributed by atoms with E-state index in [1.807, 2.05) is 17.5 Å². The van der Waals surface area contributed by atoms with Crippen LogP contribution in [0.3, 0.4) is 0 Å². The predicted molar refractivity (Wildman–Crippen MR) is 113 cm³/mol. The van der Waals surface area contributed by atoms with Crippen molar-refractivity contribution in [1.82, 2.24) is 9.38 Å². The topological polar surface area (TPSA) is 99.0 Å². The quantitative estimate of drug-likeness (QED) is 0.595. The molecular weight excluding hydrogens is 406 g/mol. The molecule has 3 aromatic rings. The number of nitrogens with zero attached hydrogens (tertiary/aromatic N) is 2. The van der Waals surface area contributed by atoms with Crippen LogP contribution < -0.4 is 5.32 Å². The Balaban J connectivity index is 1.96. The number of amides is 1. The number of imidazole rings is 1. The summed E-state index contributed by atoms with van der Waals surface area (Å²) in [6, 6.07) is 3.31. The van der Waals surface area contributed by atoms with Gasteiger partial charge in [-0.15, -0.1) is 11.3 Å². The highest BCUT2D eigenvalue weighted by Crippen LogP contribution is 2.35. The number of aromatic nitrogens is 2. The summed E-state index contributed by atoms with van der Waals surface area (Å²) in [7, 11) is 0. The zero-order valence-electron chi connectivity index (χ0n) is 17.4. The Kier molecular flexibility index (Phi) is 6.21. The second kappa shape index (κ2) is 8.66. The minimum Gasteiger partial charge on any atom is -0.462 e. The molecule has 3 aromatic heterocycles. The summed E-state index contributed by atoms with van der Waals surface area (Å²) >= 11 is 0.993. The number of nitrogens with one attached hydrogen (secondary N) is 1. The molecule has 3 rings (SSSR count). The van der Waals surface area contributed by atoms with Gasteiger partial charge in [-0.2, -0.15) is 0 Å². The second-order valence-corrected chi connectivity index (χ2v) is 7.97. The van der Waals surface area contributed by atoms with E-state index in [9.17, 15) is 14.4 Å². The van der Waals surface area contributed by atoms with Gasteiger partial charge in [0.2, 0.25) is 0 Å². The van der Waals surface area contributed by atoms with Crippen molar-refractivity contribution in [3.05, 3.63) is 51.8 Å². The molecule has 0 unspecified atom stereocenters. The first kappa shape index (κ1) is 21.5. The number of aryl methyl sites for hydroxylation is 1. The third-order valence-corrected chi connectivity index (χ3v) is 5.41. The predicted octanol–water partition coefficient (Wildman–Crippen LogP) is 4.01. The molecule has 1 N–H and O–H groups in total. The lowest BCUT2D eigenvalue weighted by atomic mass is 10.1. The fourth-order valence-electron chi connectivity index (χ4n) is 2.94. The zero-order chi connectivity index (χ0) is 22.0. The number of thiophene rings is 1. The van der Waals surface area contributed by atoms with Crippen molar-refractivity contribution in [2.24, 2.45) is 0 Å². The average molecular weight is 429 g/mol. The Bertz CT molecular complexity index is 1130. The molecule has 1 amide bonds. The Morgan fingerprint density at radius 3 is 2.63 bits per heavy atom. The monoisotopic (exact) mass is 429 g/mol. The smallest absolute Gasteiger partial charge is 0.348 e. The molecule has 3 heterocycles. The molecule has 0 atom stereocenters. The fraction of sp³-hybridized carbons (Fsp3) is 0.333. The molecule has 0 aliphatic heterocycles. The van der Waals surface area contributed by atoms with E-state index in [4.69, 9.17) is 9.47 Å². The normalized spacial score (nSPS) is 11.0. The first-order chi connectivity index (χ1) is 14.2. The van der Waals surface area contributed by atoms with Crippen LogP contribution in [0.1, 0.15) is 62.4 Å². The van der Waals surface area contributed by atoms with Crippen molar-refractivity contribution in [3.8, 4) is 0 Å². The molecule has 0 saturated heterocycles. The number of anilines is 1. The van der Waals surface area contributed by atoms with Crippen LogP contribution in [0.4, 0.5) is 5.00 Å². The number of carbonyl (C=O) groups excluding carboxylic acids is 3. The molecule has 0 spiro atoms. The minimum absolute atomic E-state index is 0.156. The summed E-state index contributed by atoms with van der Waals surface area (Å²) < 4.78 is 12.2. The Morgan fingerprint density at radius 2 is 1.97 bits per heavy atom. The first-order valence-electron chi connectivity index (χ1n) is 9.49. The van der Waals surface area contributed by atoms with Crippen LogP contribution in [0.5, 0.6) is 0 Å². The van der Waals surface area contributed by atoms with Crippen molar-refractivity contribution in [3.63, 3.8) is 0 Å². The van der Waals surface area contributed by atoms with Gasteiger partial charge in [-0.05, 0) is 52.3 Å². The lowest BCUT2D eigenvalue weighted by Gasteiger charge is -2.07. The molecule has 158 valence electrons. The number of fused-ring (bicyclic) bond motifs is 1. The van der Waals surface area contributed by atoms with Gasteiger partial charge in [0.05, 0.1) is 24.0 Å². The number of pyridine rings is 1. The maximum atomic E-state index is 12.9. The van der Waals surface area contributed by atoms with E-state index in [2.05, 4.69) is 10.3 Å². The standard InChI is InChI=1S/C21H23N3O5S/c1-6-28-20(26)16-13(5)17(21(27)29-11(2)3)30-19(16)23-18(25)14-7-8-24-10-12(4)22-15(24)9-14/h7-11H,6H2,1-5H3,(H,23,25). The van der Waals surface area contributed by atoms with Crippen molar-refractivity contribution < 1.29 is 23.9 Å². The van der Waals surface area contributed by atoms with E-state index in [-0.39, 0.29) is 28.2 Å². The SMILES string of the molecule is CCOC(=O)c1c(NC(=O)c2ccn3cc(C)nc3c2)sc(C(=O)OC(C)C)c1C. The van der Waals surface area contributed by atoms with Gasteiger partial charge in [0.25, 0.3) is 5.91 Å².